The summed E-state index contributed by atoms with van der Waals surface area (Å²) in [6.45, 7) is 4.24. The highest BCUT2D eigenvalue weighted by Crippen LogP contribution is 2.24. The quantitative estimate of drug-likeness (QED) is 0.501. The van der Waals surface area contributed by atoms with Gasteiger partial charge in [-0.05, 0) is 59.3 Å². The summed E-state index contributed by atoms with van der Waals surface area (Å²) < 4.78 is 13.6. The Kier molecular flexibility index (Phi) is 5.94. The van der Waals surface area contributed by atoms with Crippen molar-refractivity contribution < 1.29 is 9.50 Å². The van der Waals surface area contributed by atoms with Crippen molar-refractivity contribution in [3.05, 3.63) is 28.0 Å². The largest absolute Gasteiger partial charge is 0.361 e. The zero-order valence-electron chi connectivity index (χ0n) is 10.1. The normalized spacial score (nSPS) is 12.1. The van der Waals surface area contributed by atoms with Crippen LogP contribution in [0.5, 0.6) is 0 Å². The molecule has 1 unspecified atom stereocenters. The minimum absolute atomic E-state index is 0.255. The van der Waals surface area contributed by atoms with Gasteiger partial charge in [0.1, 0.15) is 5.82 Å². The molecule has 1 rings (SSSR count). The smallest absolute Gasteiger partial charge is 0.183 e. The van der Waals surface area contributed by atoms with Gasteiger partial charge in [-0.25, -0.2) is 4.39 Å². The van der Waals surface area contributed by atoms with E-state index in [1.807, 2.05) is 6.92 Å². The number of thiocarbonyl (C=S) groups is 1. The number of aliphatic hydroxyl groups excluding tert-OH is 1. The zero-order valence-corrected chi connectivity index (χ0v) is 12.5. The molecule has 1 aromatic carbocycles. The second-order valence-electron chi connectivity index (χ2n) is 3.64. The van der Waals surface area contributed by atoms with Crippen molar-refractivity contribution in [1.82, 2.24) is 10.6 Å². The van der Waals surface area contributed by atoms with Crippen molar-refractivity contribution in [2.24, 2.45) is 0 Å². The van der Waals surface area contributed by atoms with Gasteiger partial charge in [0.05, 0.1) is 4.47 Å². The average molecular weight is 336 g/mol. The summed E-state index contributed by atoms with van der Waals surface area (Å²) in [6.07, 6.45) is -0.917. The van der Waals surface area contributed by atoms with E-state index >= 15 is 0 Å². The van der Waals surface area contributed by atoms with Crippen LogP contribution >= 0.6 is 28.1 Å². The molecule has 0 spiro atoms. The Morgan fingerprint density at radius 3 is 2.83 bits per heavy atom. The lowest BCUT2D eigenvalue weighted by Gasteiger charge is -2.17. The minimum Gasteiger partial charge on any atom is -0.361 e. The molecule has 7 heteroatoms. The maximum absolute atomic E-state index is 13.2. The molecule has 100 valence electrons. The fraction of sp³-hybridized carbons (Fsp3) is 0.364. The molecule has 0 aliphatic heterocycles. The number of aliphatic hydroxyl groups is 1. The standard InChI is InChI=1S/C11H15BrFN3OS/c1-3-14-10(17)16-11(18)15-9-5-7(12)8(13)4-6(9)2/h4-5,10,14,17H,3H2,1-2H3,(H2,15,16,18). The van der Waals surface area contributed by atoms with Gasteiger partial charge in [0, 0.05) is 5.69 Å². The van der Waals surface area contributed by atoms with Crippen molar-refractivity contribution in [2.45, 2.75) is 20.2 Å². The number of aryl methyl sites for hydroxylation is 1. The van der Waals surface area contributed by atoms with Crippen LogP contribution in [0.4, 0.5) is 10.1 Å². The number of hydrogen-bond donors (Lipinski definition) is 4. The van der Waals surface area contributed by atoms with Crippen molar-refractivity contribution in [1.29, 1.82) is 0 Å². The zero-order chi connectivity index (χ0) is 13.7. The van der Waals surface area contributed by atoms with E-state index in [4.69, 9.17) is 12.2 Å². The van der Waals surface area contributed by atoms with Gasteiger partial charge in [0.15, 0.2) is 11.5 Å². The molecule has 0 radical (unpaired) electrons. The number of anilines is 1. The summed E-state index contributed by atoms with van der Waals surface area (Å²) in [5.74, 6) is -0.329. The summed E-state index contributed by atoms with van der Waals surface area (Å²) in [7, 11) is 0. The predicted molar refractivity (Wildman–Crippen MR) is 77.9 cm³/mol. The first kappa shape index (κ1) is 15.3. The molecule has 0 saturated carbocycles. The van der Waals surface area contributed by atoms with Gasteiger partial charge < -0.3 is 15.7 Å². The summed E-state index contributed by atoms with van der Waals surface area (Å²) in [4.78, 5) is 0. The van der Waals surface area contributed by atoms with Crippen LogP contribution in [0.15, 0.2) is 16.6 Å². The molecule has 4 nitrogen and oxygen atoms in total. The number of hydrogen-bond acceptors (Lipinski definition) is 3. The molecule has 18 heavy (non-hydrogen) atoms. The summed E-state index contributed by atoms with van der Waals surface area (Å²) in [6, 6.07) is 2.99. The molecule has 0 fully saturated rings. The van der Waals surface area contributed by atoms with Crippen molar-refractivity contribution in [3.8, 4) is 0 Å². The topological polar surface area (TPSA) is 56.3 Å². The Bertz CT molecular complexity index is 445. The highest BCUT2D eigenvalue weighted by atomic mass is 79.9. The van der Waals surface area contributed by atoms with Crippen molar-refractivity contribution in [3.63, 3.8) is 0 Å². The lowest BCUT2D eigenvalue weighted by Crippen LogP contribution is -2.46. The molecule has 0 aliphatic rings. The predicted octanol–water partition coefficient (Wildman–Crippen LogP) is 2.07. The molecule has 4 N–H and O–H groups in total. The van der Waals surface area contributed by atoms with Crippen LogP contribution in [-0.2, 0) is 0 Å². The van der Waals surface area contributed by atoms with Gasteiger partial charge >= 0.3 is 0 Å². The van der Waals surface area contributed by atoms with Crippen LogP contribution < -0.4 is 16.0 Å². The maximum atomic E-state index is 13.2. The number of benzene rings is 1. The Morgan fingerprint density at radius 1 is 1.56 bits per heavy atom. The van der Waals surface area contributed by atoms with E-state index in [1.54, 1.807) is 13.0 Å². The fourth-order valence-electron chi connectivity index (χ4n) is 1.31. The van der Waals surface area contributed by atoms with E-state index in [0.29, 0.717) is 16.7 Å². The van der Waals surface area contributed by atoms with Crippen LogP contribution in [0.1, 0.15) is 12.5 Å². The molecular weight excluding hydrogens is 321 g/mol. The summed E-state index contributed by atoms with van der Waals surface area (Å²) in [5.41, 5.74) is 1.39. The lowest BCUT2D eigenvalue weighted by atomic mass is 10.2. The maximum Gasteiger partial charge on any atom is 0.183 e. The van der Waals surface area contributed by atoms with Crippen molar-refractivity contribution in [2.75, 3.05) is 11.9 Å². The van der Waals surface area contributed by atoms with Crippen LogP contribution in [0.3, 0.4) is 0 Å². The molecule has 0 saturated heterocycles. The molecule has 0 aromatic heterocycles. The van der Waals surface area contributed by atoms with E-state index in [1.165, 1.54) is 6.07 Å². The summed E-state index contributed by atoms with van der Waals surface area (Å²) >= 11 is 8.14. The number of rotatable bonds is 4. The highest BCUT2D eigenvalue weighted by molar-refractivity contribution is 9.10. The Labute approximate surface area is 119 Å². The van der Waals surface area contributed by atoms with E-state index < -0.39 is 6.35 Å². The third kappa shape index (κ3) is 4.49. The lowest BCUT2D eigenvalue weighted by molar-refractivity contribution is 0.126. The first-order chi connectivity index (χ1) is 8.43. The Hall–Kier alpha value is -0.760. The third-order valence-electron chi connectivity index (χ3n) is 2.18. The number of halogens is 2. The monoisotopic (exact) mass is 335 g/mol. The molecule has 0 bridgehead atoms. The van der Waals surface area contributed by atoms with Crippen LogP contribution in [0.2, 0.25) is 0 Å². The van der Waals surface area contributed by atoms with Gasteiger partial charge in [0.25, 0.3) is 0 Å². The van der Waals surface area contributed by atoms with Gasteiger partial charge in [-0.1, -0.05) is 6.92 Å². The van der Waals surface area contributed by atoms with Crippen LogP contribution in [0.25, 0.3) is 0 Å². The van der Waals surface area contributed by atoms with Crippen molar-refractivity contribution >= 4 is 38.9 Å². The molecule has 0 heterocycles. The Balaban J connectivity index is 2.67. The molecule has 1 atom stereocenters. The van der Waals surface area contributed by atoms with Gasteiger partial charge in [-0.2, -0.15) is 0 Å². The molecular formula is C11H15BrFN3OS. The van der Waals surface area contributed by atoms with Crippen LogP contribution in [0, 0.1) is 12.7 Å². The first-order valence-corrected chi connectivity index (χ1v) is 6.58. The van der Waals surface area contributed by atoms with Gasteiger partial charge in [-0.15, -0.1) is 0 Å². The van der Waals surface area contributed by atoms with E-state index in [0.717, 1.165) is 5.56 Å². The molecule has 0 aliphatic carbocycles. The third-order valence-corrected chi connectivity index (χ3v) is 3.01. The molecule has 0 amide bonds. The van der Waals surface area contributed by atoms with E-state index in [9.17, 15) is 9.50 Å². The van der Waals surface area contributed by atoms with Gasteiger partial charge in [-0.3, -0.25) is 5.32 Å². The highest BCUT2D eigenvalue weighted by Gasteiger charge is 2.08. The SMILES string of the molecule is CCNC(O)NC(=S)Nc1cc(Br)c(F)cc1C. The second-order valence-corrected chi connectivity index (χ2v) is 4.90. The Morgan fingerprint density at radius 2 is 2.22 bits per heavy atom. The fourth-order valence-corrected chi connectivity index (χ4v) is 1.87. The van der Waals surface area contributed by atoms with E-state index in [-0.39, 0.29) is 10.9 Å². The van der Waals surface area contributed by atoms with E-state index in [2.05, 4.69) is 31.9 Å². The number of nitrogens with one attached hydrogen (secondary N) is 3. The average Bonchev–Trinajstić information content (AvgIpc) is 2.26. The molecule has 1 aromatic rings. The minimum atomic E-state index is -0.917. The first-order valence-electron chi connectivity index (χ1n) is 5.38. The summed E-state index contributed by atoms with van der Waals surface area (Å²) in [5, 5.41) is 18.0. The van der Waals surface area contributed by atoms with Crippen LogP contribution in [-0.4, -0.2) is 23.1 Å². The van der Waals surface area contributed by atoms with Gasteiger partial charge in [0.2, 0.25) is 0 Å². The second kappa shape index (κ2) is 6.98.